The van der Waals surface area contributed by atoms with Crippen LogP contribution in [0, 0.1) is 5.92 Å². The number of rotatable bonds is 5. The van der Waals surface area contributed by atoms with Crippen LogP contribution in [0.2, 0.25) is 0 Å². The Bertz CT molecular complexity index is 919. The molecule has 0 bridgehead atoms. The van der Waals surface area contributed by atoms with Crippen LogP contribution in [0.3, 0.4) is 0 Å². The average Bonchev–Trinajstić information content (AvgIpc) is 3.20. The highest BCUT2D eigenvalue weighted by Crippen LogP contribution is 2.25. The van der Waals surface area contributed by atoms with Crippen molar-refractivity contribution in [2.75, 3.05) is 43.4 Å². The van der Waals surface area contributed by atoms with Gasteiger partial charge >= 0.3 is 12.1 Å². The molecule has 0 saturated carbocycles. The predicted molar refractivity (Wildman–Crippen MR) is 123 cm³/mol. The normalized spacial score (nSPS) is 21.6. The zero-order valence-corrected chi connectivity index (χ0v) is 18.3. The third kappa shape index (κ3) is 4.99. The van der Waals surface area contributed by atoms with E-state index in [1.54, 1.807) is 4.90 Å². The number of hydrogen-bond donors (Lipinski definition) is 2. The zero-order valence-electron chi connectivity index (χ0n) is 18.3. The van der Waals surface area contributed by atoms with Crippen LogP contribution in [0.4, 0.5) is 21.0 Å². The van der Waals surface area contributed by atoms with Gasteiger partial charge in [0.05, 0.1) is 0 Å². The molecule has 4 rings (SSSR count). The number of nitrogens with one attached hydrogen (secondary N) is 2. The van der Waals surface area contributed by atoms with E-state index in [-0.39, 0.29) is 18.1 Å². The third-order valence-corrected chi connectivity index (χ3v) is 6.28. The van der Waals surface area contributed by atoms with Crippen molar-refractivity contribution in [1.82, 2.24) is 15.1 Å². The Morgan fingerprint density at radius 2 is 1.97 bits per heavy atom. The second kappa shape index (κ2) is 9.39. The molecular weight excluding hydrogens is 390 g/mol. The SMILES string of the molecule is C[C@@H]1CN(Cc2ccccc2)CC[C@H]1N(C)C(=O)Nc1cccc(N2CCNC2=O)c1. The molecule has 164 valence electrons. The van der Waals surface area contributed by atoms with Gasteiger partial charge in [-0.25, -0.2) is 9.59 Å². The minimum atomic E-state index is -0.114. The highest BCUT2D eigenvalue weighted by molar-refractivity contribution is 5.95. The standard InChI is InChI=1S/C24H31N5O2/c1-18-16-28(17-19-7-4-3-5-8-19)13-11-22(18)27(2)24(31)26-20-9-6-10-21(15-20)29-14-12-25-23(29)30/h3-10,15,18,22H,11-14,16-17H2,1-2H3,(H,25,30)(H,26,31)/t18-,22-/m1/s1. The summed E-state index contributed by atoms with van der Waals surface area (Å²) in [6.07, 6.45) is 0.950. The van der Waals surface area contributed by atoms with Crippen molar-refractivity contribution >= 4 is 23.4 Å². The lowest BCUT2D eigenvalue weighted by Gasteiger charge is -2.41. The van der Waals surface area contributed by atoms with Gasteiger partial charge in [-0.3, -0.25) is 9.80 Å². The molecule has 4 amide bonds. The van der Waals surface area contributed by atoms with Crippen LogP contribution in [-0.2, 0) is 6.54 Å². The number of piperidine rings is 1. The van der Waals surface area contributed by atoms with Crippen molar-refractivity contribution in [3.8, 4) is 0 Å². The maximum absolute atomic E-state index is 12.9. The first-order valence-electron chi connectivity index (χ1n) is 11.0. The first-order chi connectivity index (χ1) is 15.0. The molecule has 31 heavy (non-hydrogen) atoms. The van der Waals surface area contributed by atoms with E-state index in [0.717, 1.165) is 31.7 Å². The average molecular weight is 422 g/mol. The molecule has 0 aromatic heterocycles. The lowest BCUT2D eigenvalue weighted by Crippen LogP contribution is -2.51. The lowest BCUT2D eigenvalue weighted by molar-refractivity contribution is 0.0933. The summed E-state index contributed by atoms with van der Waals surface area (Å²) < 4.78 is 0. The number of urea groups is 2. The van der Waals surface area contributed by atoms with Gasteiger partial charge in [-0.05, 0) is 36.1 Å². The van der Waals surface area contributed by atoms with Gasteiger partial charge in [-0.15, -0.1) is 0 Å². The predicted octanol–water partition coefficient (Wildman–Crippen LogP) is 3.59. The van der Waals surface area contributed by atoms with Crippen LogP contribution in [0.25, 0.3) is 0 Å². The summed E-state index contributed by atoms with van der Waals surface area (Å²) >= 11 is 0. The van der Waals surface area contributed by atoms with E-state index in [9.17, 15) is 9.59 Å². The van der Waals surface area contributed by atoms with Crippen molar-refractivity contribution in [1.29, 1.82) is 0 Å². The summed E-state index contributed by atoms with van der Waals surface area (Å²) in [4.78, 5) is 30.8. The number of amides is 4. The number of benzene rings is 2. The second-order valence-corrected chi connectivity index (χ2v) is 8.53. The number of carbonyl (C=O) groups is 2. The first-order valence-corrected chi connectivity index (χ1v) is 11.0. The molecule has 0 radical (unpaired) electrons. The number of anilines is 2. The van der Waals surface area contributed by atoms with Crippen molar-refractivity contribution < 1.29 is 9.59 Å². The summed E-state index contributed by atoms with van der Waals surface area (Å²) in [5.41, 5.74) is 2.81. The fourth-order valence-corrected chi connectivity index (χ4v) is 4.61. The minimum absolute atomic E-state index is 0.100. The Labute approximate surface area is 184 Å². The molecule has 7 heteroatoms. The van der Waals surface area contributed by atoms with Gasteiger partial charge in [0.25, 0.3) is 0 Å². The molecule has 2 fully saturated rings. The van der Waals surface area contributed by atoms with Crippen molar-refractivity contribution in [2.24, 2.45) is 5.92 Å². The maximum Gasteiger partial charge on any atom is 0.321 e. The molecule has 2 aliphatic heterocycles. The van der Waals surface area contributed by atoms with Gasteiger partial charge in [0.15, 0.2) is 0 Å². The van der Waals surface area contributed by atoms with Crippen molar-refractivity contribution in [3.63, 3.8) is 0 Å². The molecule has 2 atom stereocenters. The van der Waals surface area contributed by atoms with Gasteiger partial charge in [0.1, 0.15) is 0 Å². The van der Waals surface area contributed by atoms with Gasteiger partial charge in [0.2, 0.25) is 0 Å². The molecule has 0 unspecified atom stereocenters. The molecule has 0 aliphatic carbocycles. The van der Waals surface area contributed by atoms with Crippen LogP contribution >= 0.6 is 0 Å². The summed E-state index contributed by atoms with van der Waals surface area (Å²) in [6.45, 7) is 6.38. The molecule has 7 nitrogen and oxygen atoms in total. The van der Waals surface area contributed by atoms with Crippen LogP contribution in [-0.4, -0.2) is 61.1 Å². The number of carbonyl (C=O) groups excluding carboxylic acids is 2. The third-order valence-electron chi connectivity index (χ3n) is 6.28. The van der Waals surface area contributed by atoms with E-state index in [1.807, 2.05) is 42.3 Å². The molecule has 2 saturated heterocycles. The maximum atomic E-state index is 12.9. The highest BCUT2D eigenvalue weighted by atomic mass is 16.2. The smallest absolute Gasteiger partial charge is 0.321 e. The van der Waals surface area contributed by atoms with Gasteiger partial charge in [0, 0.05) is 57.2 Å². The van der Waals surface area contributed by atoms with Crippen LogP contribution < -0.4 is 15.5 Å². The Morgan fingerprint density at radius 3 is 2.68 bits per heavy atom. The summed E-state index contributed by atoms with van der Waals surface area (Å²) in [5.74, 6) is 0.382. The van der Waals surface area contributed by atoms with Gasteiger partial charge < -0.3 is 15.5 Å². The van der Waals surface area contributed by atoms with E-state index in [0.29, 0.717) is 24.7 Å². The molecule has 0 spiro atoms. The fourth-order valence-electron chi connectivity index (χ4n) is 4.61. The molecule has 2 aliphatic rings. The van der Waals surface area contributed by atoms with Gasteiger partial charge in [-0.2, -0.15) is 0 Å². The first kappa shape index (κ1) is 21.2. The van der Waals surface area contributed by atoms with E-state index < -0.39 is 0 Å². The van der Waals surface area contributed by atoms with E-state index in [2.05, 4.69) is 46.7 Å². The topological polar surface area (TPSA) is 67.9 Å². The molecule has 2 N–H and O–H groups in total. The molecule has 2 aromatic rings. The minimum Gasteiger partial charge on any atom is -0.336 e. The number of nitrogens with zero attached hydrogens (tertiary/aromatic N) is 3. The van der Waals surface area contributed by atoms with Crippen molar-refractivity contribution in [3.05, 3.63) is 60.2 Å². The molecule has 2 aromatic carbocycles. The van der Waals surface area contributed by atoms with Crippen LogP contribution in [0.5, 0.6) is 0 Å². The van der Waals surface area contributed by atoms with E-state index >= 15 is 0 Å². The van der Waals surface area contributed by atoms with Crippen molar-refractivity contribution in [2.45, 2.75) is 25.9 Å². The van der Waals surface area contributed by atoms with E-state index in [1.165, 1.54) is 5.56 Å². The molecular formula is C24H31N5O2. The zero-order chi connectivity index (χ0) is 21.8. The van der Waals surface area contributed by atoms with E-state index in [4.69, 9.17) is 0 Å². The van der Waals surface area contributed by atoms with Crippen LogP contribution in [0.15, 0.2) is 54.6 Å². The quantitative estimate of drug-likeness (QED) is 0.775. The summed E-state index contributed by atoms with van der Waals surface area (Å²) in [5, 5.41) is 5.80. The number of hydrogen-bond acceptors (Lipinski definition) is 3. The Kier molecular flexibility index (Phi) is 6.42. The number of likely N-dealkylation sites (tertiary alicyclic amines) is 1. The highest BCUT2D eigenvalue weighted by Gasteiger charge is 2.31. The lowest BCUT2D eigenvalue weighted by atomic mass is 9.92. The fraction of sp³-hybridized carbons (Fsp3) is 0.417. The largest absolute Gasteiger partial charge is 0.336 e. The Morgan fingerprint density at radius 1 is 1.16 bits per heavy atom. The Balaban J connectivity index is 1.34. The Hall–Kier alpha value is -3.06. The second-order valence-electron chi connectivity index (χ2n) is 8.53. The molecule has 2 heterocycles. The monoisotopic (exact) mass is 421 g/mol. The van der Waals surface area contributed by atoms with Crippen LogP contribution in [0.1, 0.15) is 18.9 Å². The summed E-state index contributed by atoms with van der Waals surface area (Å²) in [7, 11) is 1.88. The summed E-state index contributed by atoms with van der Waals surface area (Å²) in [6, 6.07) is 18.0. The van der Waals surface area contributed by atoms with Gasteiger partial charge in [-0.1, -0.05) is 43.3 Å².